The molecule has 0 fully saturated rings. The zero-order valence-corrected chi connectivity index (χ0v) is 25.7. The molecule has 0 aromatic heterocycles. The largest absolute Gasteiger partial charge is 0.192 e. The molecule has 0 atom stereocenters. The predicted octanol–water partition coefficient (Wildman–Crippen LogP) is 8.77. The molecule has 0 aliphatic heterocycles. The van der Waals surface area contributed by atoms with Crippen LogP contribution in [0.15, 0.2) is 72.8 Å². The third-order valence-corrected chi connectivity index (χ3v) is 11.9. The molecule has 2 nitrogen and oxygen atoms in total. The van der Waals surface area contributed by atoms with Gasteiger partial charge in [-0.15, -0.1) is 0 Å². The van der Waals surface area contributed by atoms with Gasteiger partial charge in [-0.25, -0.2) is 0 Å². The molecule has 0 amide bonds. The van der Waals surface area contributed by atoms with Crippen LogP contribution >= 0.6 is 90.4 Å². The first-order valence-corrected chi connectivity index (χ1v) is 14.2. The number of benzene rings is 4. The number of halogens is 4. The number of hydrogen-bond donors (Lipinski definition) is 0. The van der Waals surface area contributed by atoms with Gasteiger partial charge in [0.1, 0.15) is 12.1 Å². The van der Waals surface area contributed by atoms with Crippen LogP contribution in [0.4, 0.5) is 0 Å². The molecular formula is C27H14I4N2. The fourth-order valence-electron chi connectivity index (χ4n) is 3.56. The molecule has 0 bridgehead atoms. The van der Waals surface area contributed by atoms with Crippen LogP contribution in [0, 0.1) is 36.9 Å². The minimum absolute atomic E-state index is 0.717. The van der Waals surface area contributed by atoms with Gasteiger partial charge < -0.3 is 0 Å². The molecule has 0 N–H and O–H groups in total. The summed E-state index contributed by atoms with van der Waals surface area (Å²) in [5.41, 5.74) is 8.57. The first-order valence-electron chi connectivity index (χ1n) is 9.87. The molecule has 160 valence electrons. The van der Waals surface area contributed by atoms with E-state index in [0.29, 0.717) is 11.1 Å². The third kappa shape index (κ3) is 5.39. The number of nitrogens with zero attached hydrogens (tertiary/aromatic N) is 2. The zero-order chi connectivity index (χ0) is 23.5. The Labute approximate surface area is 248 Å². The van der Waals surface area contributed by atoms with Crippen molar-refractivity contribution in [1.82, 2.24) is 0 Å². The summed E-state index contributed by atoms with van der Waals surface area (Å²) < 4.78 is 4.23. The van der Waals surface area contributed by atoms with Gasteiger partial charge in [0.25, 0.3) is 0 Å². The molecule has 4 rings (SSSR count). The maximum Gasteiger partial charge on any atom is 0.100 e. The summed E-state index contributed by atoms with van der Waals surface area (Å²) in [6.45, 7) is 0. The lowest BCUT2D eigenvalue weighted by Crippen LogP contribution is -1.93. The Morgan fingerprint density at radius 3 is 1.18 bits per heavy atom. The topological polar surface area (TPSA) is 47.6 Å². The van der Waals surface area contributed by atoms with Gasteiger partial charge in [0.15, 0.2) is 0 Å². The van der Waals surface area contributed by atoms with Crippen LogP contribution in [-0.4, -0.2) is 0 Å². The van der Waals surface area contributed by atoms with E-state index in [1.54, 1.807) is 0 Å². The quantitative estimate of drug-likeness (QED) is 0.193. The molecule has 0 aliphatic rings. The minimum Gasteiger partial charge on any atom is -0.192 e. The van der Waals surface area contributed by atoms with Crippen molar-refractivity contribution in [1.29, 1.82) is 10.5 Å². The van der Waals surface area contributed by atoms with Gasteiger partial charge in [-0.1, -0.05) is 60.7 Å². The van der Waals surface area contributed by atoms with Crippen molar-refractivity contribution in [2.75, 3.05) is 0 Å². The monoisotopic (exact) mass is 874 g/mol. The van der Waals surface area contributed by atoms with Gasteiger partial charge in [0.05, 0.1) is 11.1 Å². The first-order chi connectivity index (χ1) is 15.9. The Hall–Kier alpha value is -1.22. The lowest BCUT2D eigenvalue weighted by molar-refractivity contribution is 1.19. The summed E-state index contributed by atoms with van der Waals surface area (Å²) in [6, 6.07) is 29.7. The highest BCUT2D eigenvalue weighted by Gasteiger charge is 2.12. The molecule has 6 heteroatoms. The molecule has 0 unspecified atom stereocenters. The summed E-state index contributed by atoms with van der Waals surface area (Å²) in [6.07, 6.45) is 0.866. The predicted molar refractivity (Wildman–Crippen MR) is 167 cm³/mol. The van der Waals surface area contributed by atoms with Crippen LogP contribution < -0.4 is 0 Å². The van der Waals surface area contributed by atoms with Crippen molar-refractivity contribution >= 4 is 90.4 Å². The normalized spacial score (nSPS) is 10.5. The van der Waals surface area contributed by atoms with Gasteiger partial charge in [0.2, 0.25) is 0 Å². The van der Waals surface area contributed by atoms with Gasteiger partial charge >= 0.3 is 0 Å². The standard InChI is InChI=1S/C27H14I4N2/c28-24-20(14-32)9-11-22(26(24)30)18-5-1-16(2-6-18)13-17-3-7-19(8-4-17)23-12-10-21(15-33)25(29)27(23)31/h1-12H,13H2. The van der Waals surface area contributed by atoms with Gasteiger partial charge in [-0.2, -0.15) is 10.5 Å². The highest BCUT2D eigenvalue weighted by atomic mass is 127. The van der Waals surface area contributed by atoms with Crippen LogP contribution in [0.3, 0.4) is 0 Å². The number of rotatable bonds is 4. The Morgan fingerprint density at radius 1 is 0.485 bits per heavy atom. The van der Waals surface area contributed by atoms with Crippen molar-refractivity contribution in [3.8, 4) is 34.4 Å². The number of hydrogen-bond acceptors (Lipinski definition) is 2. The molecular weight excluding hydrogens is 860 g/mol. The Balaban J connectivity index is 1.53. The Kier molecular flexibility index (Phi) is 8.31. The van der Waals surface area contributed by atoms with E-state index in [1.165, 1.54) is 11.1 Å². The average molecular weight is 874 g/mol. The summed E-state index contributed by atoms with van der Waals surface area (Å²) in [4.78, 5) is 0. The fourth-order valence-corrected chi connectivity index (χ4v) is 6.30. The number of nitriles is 2. The van der Waals surface area contributed by atoms with Gasteiger partial charge in [-0.05, 0) is 142 Å². The van der Waals surface area contributed by atoms with E-state index >= 15 is 0 Å². The van der Waals surface area contributed by atoms with Crippen LogP contribution in [0.25, 0.3) is 22.3 Å². The lowest BCUT2D eigenvalue weighted by Gasteiger charge is -2.10. The summed E-state index contributed by atoms with van der Waals surface area (Å²) in [7, 11) is 0. The summed E-state index contributed by atoms with van der Waals surface area (Å²) >= 11 is 9.15. The van der Waals surface area contributed by atoms with E-state index in [2.05, 4.69) is 151 Å². The summed E-state index contributed by atoms with van der Waals surface area (Å²) in [5.74, 6) is 0. The van der Waals surface area contributed by atoms with Crippen molar-refractivity contribution in [3.05, 3.63) is 109 Å². The lowest BCUT2D eigenvalue weighted by atomic mass is 9.98. The summed E-state index contributed by atoms with van der Waals surface area (Å²) in [5, 5.41) is 18.5. The van der Waals surface area contributed by atoms with E-state index in [0.717, 1.165) is 43.0 Å². The minimum atomic E-state index is 0.717. The maximum absolute atomic E-state index is 9.24. The van der Waals surface area contributed by atoms with E-state index in [1.807, 2.05) is 24.3 Å². The van der Waals surface area contributed by atoms with E-state index < -0.39 is 0 Å². The van der Waals surface area contributed by atoms with Crippen molar-refractivity contribution in [3.63, 3.8) is 0 Å². The Bertz CT molecular complexity index is 1320. The van der Waals surface area contributed by atoms with Gasteiger partial charge in [0, 0.05) is 14.3 Å². The zero-order valence-electron chi connectivity index (χ0n) is 17.0. The van der Waals surface area contributed by atoms with Crippen molar-refractivity contribution in [2.45, 2.75) is 6.42 Å². The molecule has 33 heavy (non-hydrogen) atoms. The van der Waals surface area contributed by atoms with Crippen LogP contribution in [0.5, 0.6) is 0 Å². The van der Waals surface area contributed by atoms with Crippen molar-refractivity contribution < 1.29 is 0 Å². The molecule has 4 aromatic rings. The van der Waals surface area contributed by atoms with Crippen LogP contribution in [0.2, 0.25) is 0 Å². The van der Waals surface area contributed by atoms with Crippen molar-refractivity contribution in [2.24, 2.45) is 0 Å². The fraction of sp³-hybridized carbons (Fsp3) is 0.0370. The first kappa shape index (κ1) is 24.9. The highest BCUT2D eigenvalue weighted by Crippen LogP contribution is 2.32. The van der Waals surface area contributed by atoms with Gasteiger partial charge in [-0.3, -0.25) is 0 Å². The molecule has 0 saturated heterocycles. The molecule has 0 saturated carbocycles. The van der Waals surface area contributed by atoms with E-state index in [4.69, 9.17) is 0 Å². The second-order valence-corrected chi connectivity index (χ2v) is 11.7. The second kappa shape index (κ2) is 11.0. The Morgan fingerprint density at radius 2 is 0.848 bits per heavy atom. The van der Waals surface area contributed by atoms with Crippen LogP contribution in [0.1, 0.15) is 22.3 Å². The van der Waals surface area contributed by atoms with E-state index in [-0.39, 0.29) is 0 Å². The highest BCUT2D eigenvalue weighted by molar-refractivity contribution is 14.1. The second-order valence-electron chi connectivity index (χ2n) is 7.37. The maximum atomic E-state index is 9.24. The SMILES string of the molecule is N#Cc1ccc(-c2ccc(Cc3ccc(-c4ccc(C#N)c(I)c4I)cc3)cc2)c(I)c1I. The molecule has 0 aliphatic carbocycles. The molecule has 4 aromatic carbocycles. The average Bonchev–Trinajstić information content (AvgIpc) is 2.84. The molecule has 0 heterocycles. The van der Waals surface area contributed by atoms with E-state index in [9.17, 15) is 10.5 Å². The molecule has 0 radical (unpaired) electrons. The third-order valence-electron chi connectivity index (χ3n) is 5.34. The molecule has 0 spiro atoms. The smallest absolute Gasteiger partial charge is 0.100 e. The van der Waals surface area contributed by atoms with Crippen LogP contribution in [-0.2, 0) is 6.42 Å².